The number of fused-ring (bicyclic) bond motifs is 5. The van der Waals surface area contributed by atoms with Gasteiger partial charge in [-0.25, -0.2) is 0 Å². The van der Waals surface area contributed by atoms with Gasteiger partial charge in [0.05, 0.1) is 24.0 Å². The minimum absolute atomic E-state index is 0.0117. The van der Waals surface area contributed by atoms with E-state index in [9.17, 15) is 29.7 Å². The van der Waals surface area contributed by atoms with Crippen LogP contribution < -0.4 is 5.32 Å². The summed E-state index contributed by atoms with van der Waals surface area (Å²) in [6, 6.07) is 0.299. The van der Waals surface area contributed by atoms with Gasteiger partial charge in [0, 0.05) is 29.8 Å². The van der Waals surface area contributed by atoms with Crippen molar-refractivity contribution in [2.24, 2.45) is 50.7 Å². The van der Waals surface area contributed by atoms with Gasteiger partial charge < -0.3 is 25.4 Å². The standard InChI is InChI=1S/C44H73NO7/c1-10-11-12-35(52-36(49)25-40(4,5)39(50)51)41(6,7)28-19-20-42(8)29(23-28)13-18-32-38-37(27(2)3)33(47)24-44(38,22-21-43(32,42)9)34(48)26-45-30-14-16-31(46)17-15-30/h27-32,34-35,45-46,48H,10-26H2,1-9H3,(H,50,51)/t28-,29-,30-,31-,32-,34-,35+,42-,43-,44+/m1/s1. The van der Waals surface area contributed by atoms with Crippen molar-refractivity contribution in [3.05, 3.63) is 11.1 Å². The van der Waals surface area contributed by atoms with Crippen molar-refractivity contribution in [1.29, 1.82) is 0 Å². The van der Waals surface area contributed by atoms with E-state index in [2.05, 4.69) is 53.8 Å². The third kappa shape index (κ3) is 7.44. The molecule has 8 heteroatoms. The van der Waals surface area contributed by atoms with Crippen LogP contribution in [0.2, 0.25) is 0 Å². The number of aliphatic carboxylic acids is 1. The van der Waals surface area contributed by atoms with Crippen LogP contribution >= 0.6 is 0 Å². The summed E-state index contributed by atoms with van der Waals surface area (Å²) >= 11 is 0. The van der Waals surface area contributed by atoms with Crippen LogP contribution in [-0.4, -0.2) is 63.9 Å². The molecule has 296 valence electrons. The van der Waals surface area contributed by atoms with Crippen LogP contribution in [0, 0.1) is 50.7 Å². The Morgan fingerprint density at radius 1 is 0.962 bits per heavy atom. The zero-order valence-electron chi connectivity index (χ0n) is 34.1. The van der Waals surface area contributed by atoms with Crippen molar-refractivity contribution in [3.63, 3.8) is 0 Å². The lowest BCUT2D eigenvalue weighted by Gasteiger charge is -2.67. The number of aliphatic hydroxyl groups excluding tert-OH is 2. The molecular weight excluding hydrogens is 654 g/mol. The number of unbranched alkanes of at least 4 members (excludes halogenated alkanes) is 1. The second-order valence-electron chi connectivity index (χ2n) is 20.1. The molecule has 0 amide bonds. The van der Waals surface area contributed by atoms with Gasteiger partial charge in [-0.05, 0) is 131 Å². The number of hydrogen-bond acceptors (Lipinski definition) is 7. The summed E-state index contributed by atoms with van der Waals surface area (Å²) in [5, 5.41) is 35.4. The number of nitrogens with one attached hydrogen (secondary N) is 1. The van der Waals surface area contributed by atoms with Crippen molar-refractivity contribution < 1.29 is 34.4 Å². The number of Topliss-reactive ketones (excluding diaryl/α,β-unsaturated/α-hetero) is 1. The van der Waals surface area contributed by atoms with Gasteiger partial charge in [-0.3, -0.25) is 14.4 Å². The molecule has 5 aliphatic carbocycles. The summed E-state index contributed by atoms with van der Waals surface area (Å²) in [6.45, 7) is 19.7. The van der Waals surface area contributed by atoms with Crippen LogP contribution in [-0.2, 0) is 19.1 Å². The fourth-order valence-corrected chi connectivity index (χ4v) is 12.1. The Morgan fingerprint density at radius 2 is 1.63 bits per heavy atom. The highest BCUT2D eigenvalue weighted by molar-refractivity contribution is 6.00. The molecule has 0 unspecified atom stereocenters. The van der Waals surface area contributed by atoms with E-state index in [0.717, 1.165) is 95.5 Å². The van der Waals surface area contributed by atoms with E-state index < -0.39 is 28.9 Å². The number of ether oxygens (including phenoxy) is 1. The number of carboxylic acids is 1. The minimum atomic E-state index is -1.17. The molecule has 0 saturated heterocycles. The predicted octanol–water partition coefficient (Wildman–Crippen LogP) is 8.41. The van der Waals surface area contributed by atoms with Crippen molar-refractivity contribution in [2.75, 3.05) is 6.54 Å². The first-order valence-electron chi connectivity index (χ1n) is 21.0. The van der Waals surface area contributed by atoms with Crippen LogP contribution in [0.25, 0.3) is 0 Å². The molecule has 0 aromatic carbocycles. The van der Waals surface area contributed by atoms with Gasteiger partial charge >= 0.3 is 11.9 Å². The third-order valence-electron chi connectivity index (χ3n) is 16.1. The quantitative estimate of drug-likeness (QED) is 0.131. The first-order chi connectivity index (χ1) is 24.2. The third-order valence-corrected chi connectivity index (χ3v) is 16.1. The summed E-state index contributed by atoms with van der Waals surface area (Å²) in [5.41, 5.74) is 0.469. The zero-order chi connectivity index (χ0) is 38.4. The van der Waals surface area contributed by atoms with Crippen LogP contribution in [0.1, 0.15) is 165 Å². The number of ketones is 1. The van der Waals surface area contributed by atoms with Gasteiger partial charge in [-0.1, -0.05) is 66.9 Å². The number of aliphatic hydroxyl groups is 2. The second-order valence-corrected chi connectivity index (χ2v) is 20.1. The SMILES string of the molecule is CCCC[C@H](OC(=O)CC(C)(C)C(=O)O)C(C)(C)[C@@H]1CC[C@]2(C)[C@H](CC[C@@H]3C4=C(C(C)C)C(=O)C[C@]4([C@H](O)CN[C@H]4CC[C@H](O)CC4)CC[C@]32C)C1. The van der Waals surface area contributed by atoms with E-state index in [0.29, 0.717) is 30.8 Å². The van der Waals surface area contributed by atoms with Gasteiger partial charge in [-0.2, -0.15) is 0 Å². The number of carboxylic acid groups (broad SMARTS) is 1. The molecule has 0 aliphatic heterocycles. The largest absolute Gasteiger partial charge is 0.481 e. The molecule has 5 rings (SSSR count). The molecule has 0 bridgehead atoms. The molecular formula is C44H73NO7. The van der Waals surface area contributed by atoms with E-state index in [-0.39, 0.29) is 52.5 Å². The van der Waals surface area contributed by atoms with E-state index >= 15 is 0 Å². The van der Waals surface area contributed by atoms with Gasteiger partial charge in [0.1, 0.15) is 6.10 Å². The molecule has 5 aliphatic rings. The van der Waals surface area contributed by atoms with E-state index in [1.165, 1.54) is 5.57 Å². The number of esters is 1. The fourth-order valence-electron chi connectivity index (χ4n) is 12.1. The Balaban J connectivity index is 1.37. The lowest BCUT2D eigenvalue weighted by atomic mass is 9.38. The summed E-state index contributed by atoms with van der Waals surface area (Å²) in [4.78, 5) is 38.9. The molecule has 4 N–H and O–H groups in total. The molecule has 0 spiro atoms. The van der Waals surface area contributed by atoms with Crippen molar-refractivity contribution in [3.8, 4) is 0 Å². The number of carbonyl (C=O) groups excluding carboxylic acids is 2. The first kappa shape index (κ1) is 41.4. The maximum Gasteiger partial charge on any atom is 0.309 e. The van der Waals surface area contributed by atoms with Gasteiger partial charge in [0.2, 0.25) is 0 Å². The predicted molar refractivity (Wildman–Crippen MR) is 204 cm³/mol. The zero-order valence-corrected chi connectivity index (χ0v) is 34.1. The summed E-state index contributed by atoms with van der Waals surface area (Å²) < 4.78 is 6.23. The Labute approximate surface area is 314 Å². The molecule has 0 aromatic heterocycles. The maximum atomic E-state index is 14.0. The van der Waals surface area contributed by atoms with E-state index in [4.69, 9.17) is 4.74 Å². The lowest BCUT2D eigenvalue weighted by Crippen LogP contribution is -2.60. The molecule has 4 saturated carbocycles. The summed E-state index contributed by atoms with van der Waals surface area (Å²) in [6.07, 6.45) is 12.5. The van der Waals surface area contributed by atoms with Gasteiger partial charge in [0.25, 0.3) is 0 Å². The monoisotopic (exact) mass is 728 g/mol. The lowest BCUT2D eigenvalue weighted by molar-refractivity contribution is -0.174. The minimum Gasteiger partial charge on any atom is -0.481 e. The molecule has 0 aromatic rings. The van der Waals surface area contributed by atoms with Gasteiger partial charge in [0.15, 0.2) is 5.78 Å². The average molecular weight is 728 g/mol. The molecule has 4 fully saturated rings. The summed E-state index contributed by atoms with van der Waals surface area (Å²) in [7, 11) is 0. The highest BCUT2D eigenvalue weighted by atomic mass is 16.5. The van der Waals surface area contributed by atoms with Crippen molar-refractivity contribution in [2.45, 2.75) is 189 Å². The summed E-state index contributed by atoms with van der Waals surface area (Å²) in [5.74, 6) is 0.116. The number of carbonyl (C=O) groups is 3. The topological polar surface area (TPSA) is 133 Å². The van der Waals surface area contributed by atoms with Crippen LogP contribution in [0.15, 0.2) is 11.1 Å². The van der Waals surface area contributed by atoms with Crippen molar-refractivity contribution in [1.82, 2.24) is 5.32 Å². The molecule has 0 radical (unpaired) electrons. The normalized spacial score (nSPS) is 36.5. The highest BCUT2D eigenvalue weighted by Gasteiger charge is 2.66. The number of hydrogen-bond donors (Lipinski definition) is 4. The number of allylic oxidation sites excluding steroid dienone is 1. The van der Waals surface area contributed by atoms with Gasteiger partial charge in [-0.15, -0.1) is 0 Å². The maximum absolute atomic E-state index is 14.0. The Morgan fingerprint density at radius 3 is 2.25 bits per heavy atom. The Hall–Kier alpha value is -1.77. The molecule has 8 nitrogen and oxygen atoms in total. The molecule has 8 atom stereocenters. The highest BCUT2D eigenvalue weighted by Crippen LogP contribution is 2.73. The smallest absolute Gasteiger partial charge is 0.309 e. The molecule has 0 heterocycles. The molecule has 52 heavy (non-hydrogen) atoms. The number of rotatable bonds is 14. The Bertz CT molecular complexity index is 1360. The average Bonchev–Trinajstić information content (AvgIpc) is 3.39. The first-order valence-corrected chi connectivity index (χ1v) is 21.0. The van der Waals surface area contributed by atoms with Crippen LogP contribution in [0.3, 0.4) is 0 Å². The van der Waals surface area contributed by atoms with Crippen molar-refractivity contribution >= 4 is 17.7 Å². The van der Waals surface area contributed by atoms with E-state index in [1.54, 1.807) is 13.8 Å². The van der Waals surface area contributed by atoms with E-state index in [1.807, 2.05) is 0 Å². The van der Waals surface area contributed by atoms with Crippen LogP contribution in [0.4, 0.5) is 0 Å². The Kier molecular flexibility index (Phi) is 12.3. The second kappa shape index (κ2) is 15.4. The fraction of sp³-hybridized carbons (Fsp3) is 0.886. The van der Waals surface area contributed by atoms with Crippen LogP contribution in [0.5, 0.6) is 0 Å².